The van der Waals surface area contributed by atoms with Crippen molar-refractivity contribution in [2.24, 2.45) is 11.8 Å². The third-order valence-corrected chi connectivity index (χ3v) is 8.07. The van der Waals surface area contributed by atoms with Gasteiger partial charge in [-0.05, 0) is 68.6 Å². The Hall–Kier alpha value is -2.28. The molecular weight excluding hydrogens is 404 g/mol. The zero-order chi connectivity index (χ0) is 22.2. The number of anilines is 1. The first-order valence-corrected chi connectivity index (χ1v) is 12.3. The number of likely N-dealkylation sites (tertiary alicyclic amines) is 2. The van der Waals surface area contributed by atoms with Crippen LogP contribution < -0.4 is 10.1 Å². The maximum Gasteiger partial charge on any atom is 0.321 e. The molecule has 7 heteroatoms. The van der Waals surface area contributed by atoms with Crippen molar-refractivity contribution in [3.05, 3.63) is 23.8 Å². The summed E-state index contributed by atoms with van der Waals surface area (Å²) in [5.41, 5.74) is 1.82. The van der Waals surface area contributed by atoms with Gasteiger partial charge in [0.25, 0.3) is 0 Å². The number of rotatable bonds is 3. The summed E-state index contributed by atoms with van der Waals surface area (Å²) < 4.78 is 5.40. The maximum absolute atomic E-state index is 12.9. The number of carbonyl (C=O) groups excluding carboxylic acids is 2. The number of carbonyl (C=O) groups is 2. The van der Waals surface area contributed by atoms with Crippen LogP contribution >= 0.6 is 0 Å². The molecule has 2 bridgehead atoms. The van der Waals surface area contributed by atoms with Crippen LogP contribution in [0.3, 0.4) is 0 Å². The number of aryl methyl sites for hydroxylation is 1. The molecule has 4 saturated heterocycles. The van der Waals surface area contributed by atoms with Gasteiger partial charge in [-0.15, -0.1) is 0 Å². The smallest absolute Gasteiger partial charge is 0.321 e. The van der Waals surface area contributed by atoms with Crippen molar-refractivity contribution in [3.63, 3.8) is 0 Å². The molecule has 4 fully saturated rings. The van der Waals surface area contributed by atoms with E-state index in [4.69, 9.17) is 4.74 Å². The van der Waals surface area contributed by atoms with Gasteiger partial charge in [-0.1, -0.05) is 6.07 Å². The highest BCUT2D eigenvalue weighted by atomic mass is 16.5. The predicted octanol–water partition coefficient (Wildman–Crippen LogP) is 3.33. The fourth-order valence-electron chi connectivity index (χ4n) is 6.49. The van der Waals surface area contributed by atoms with Crippen molar-refractivity contribution >= 4 is 17.6 Å². The van der Waals surface area contributed by atoms with E-state index in [1.807, 2.05) is 30.0 Å². The average molecular weight is 441 g/mol. The summed E-state index contributed by atoms with van der Waals surface area (Å²) in [5.74, 6) is 2.31. The predicted molar refractivity (Wildman–Crippen MR) is 124 cm³/mol. The van der Waals surface area contributed by atoms with Crippen LogP contribution in [0.15, 0.2) is 18.2 Å². The highest BCUT2D eigenvalue weighted by Crippen LogP contribution is 2.39. The number of benzene rings is 1. The molecule has 7 nitrogen and oxygen atoms in total. The SMILES string of the molecule is COc1ccc(C)cc1NC(=O)N1CCC(N2CC3CC(C2)[C@H]2CCCC(=O)N2C3)CC1. The molecule has 1 aromatic carbocycles. The number of ether oxygens (including phenoxy) is 1. The van der Waals surface area contributed by atoms with Crippen molar-refractivity contribution in [2.75, 3.05) is 45.2 Å². The molecule has 4 aliphatic heterocycles. The van der Waals surface area contributed by atoms with Crippen molar-refractivity contribution in [2.45, 2.75) is 57.5 Å². The number of amides is 3. The van der Waals surface area contributed by atoms with Crippen LogP contribution in [-0.2, 0) is 4.79 Å². The Kier molecular flexibility index (Phi) is 6.01. The van der Waals surface area contributed by atoms with Crippen molar-refractivity contribution < 1.29 is 14.3 Å². The van der Waals surface area contributed by atoms with Crippen LogP contribution in [0, 0.1) is 18.8 Å². The Balaban J connectivity index is 1.16. The van der Waals surface area contributed by atoms with Gasteiger partial charge in [0.05, 0.1) is 12.8 Å². The number of nitrogens with one attached hydrogen (secondary N) is 1. The van der Waals surface area contributed by atoms with Crippen LogP contribution in [0.4, 0.5) is 10.5 Å². The number of methoxy groups -OCH3 is 1. The topological polar surface area (TPSA) is 65.1 Å². The van der Waals surface area contributed by atoms with Crippen LogP contribution in [0.1, 0.15) is 44.1 Å². The minimum Gasteiger partial charge on any atom is -0.495 e. The first kappa shape index (κ1) is 21.6. The summed E-state index contributed by atoms with van der Waals surface area (Å²) in [5, 5.41) is 3.04. The third-order valence-electron chi connectivity index (χ3n) is 8.07. The van der Waals surface area contributed by atoms with E-state index in [9.17, 15) is 9.59 Å². The van der Waals surface area contributed by atoms with Crippen LogP contribution in [-0.4, -0.2) is 78.6 Å². The van der Waals surface area contributed by atoms with Gasteiger partial charge in [0, 0.05) is 51.2 Å². The van der Waals surface area contributed by atoms with Crippen LogP contribution in [0.5, 0.6) is 5.75 Å². The van der Waals surface area contributed by atoms with E-state index >= 15 is 0 Å². The molecule has 0 radical (unpaired) electrons. The summed E-state index contributed by atoms with van der Waals surface area (Å²) in [7, 11) is 1.63. The van der Waals surface area contributed by atoms with E-state index in [2.05, 4.69) is 15.1 Å². The number of urea groups is 1. The number of hydrogen-bond acceptors (Lipinski definition) is 4. The van der Waals surface area contributed by atoms with Crippen molar-refractivity contribution in [3.8, 4) is 5.75 Å². The zero-order valence-corrected chi connectivity index (χ0v) is 19.4. The van der Waals surface area contributed by atoms with Crippen molar-refractivity contribution in [1.29, 1.82) is 0 Å². The van der Waals surface area contributed by atoms with Gasteiger partial charge < -0.3 is 19.9 Å². The standard InChI is InChI=1S/C25H36N4O3/c1-17-6-7-23(32-2)21(12-17)26-25(31)27-10-8-20(9-11-27)28-14-18-13-19(16-28)22-4-3-5-24(30)29(22)15-18/h6-7,12,18-20,22H,3-5,8-11,13-16H2,1-2H3,(H,26,31)/t18?,19?,22-/m1/s1. The molecule has 0 saturated carbocycles. The lowest BCUT2D eigenvalue weighted by Gasteiger charge is -2.54. The molecule has 0 spiro atoms. The Morgan fingerprint density at radius 1 is 1.12 bits per heavy atom. The second kappa shape index (κ2) is 8.93. The van der Waals surface area contributed by atoms with Crippen LogP contribution in [0.2, 0.25) is 0 Å². The first-order valence-electron chi connectivity index (χ1n) is 12.3. The first-order chi connectivity index (χ1) is 15.5. The summed E-state index contributed by atoms with van der Waals surface area (Å²) in [6, 6.07) is 6.80. The third kappa shape index (κ3) is 4.19. The monoisotopic (exact) mass is 440 g/mol. The molecule has 174 valence electrons. The lowest BCUT2D eigenvalue weighted by Crippen LogP contribution is -2.62. The summed E-state index contributed by atoms with van der Waals surface area (Å²) in [6.07, 6.45) is 6.30. The second-order valence-corrected chi connectivity index (χ2v) is 10.2. The van der Waals surface area contributed by atoms with Gasteiger partial charge >= 0.3 is 6.03 Å². The number of piperidine rings is 4. The molecule has 2 unspecified atom stereocenters. The van der Waals surface area contributed by atoms with E-state index in [0.29, 0.717) is 35.6 Å². The minimum absolute atomic E-state index is 0.0424. The number of nitrogens with zero attached hydrogens (tertiary/aromatic N) is 3. The van der Waals surface area contributed by atoms with Gasteiger partial charge in [0.1, 0.15) is 5.75 Å². The Labute approximate surface area is 191 Å². The lowest BCUT2D eigenvalue weighted by molar-refractivity contribution is -0.145. The summed E-state index contributed by atoms with van der Waals surface area (Å²) >= 11 is 0. The van der Waals surface area contributed by atoms with E-state index < -0.39 is 0 Å². The molecule has 32 heavy (non-hydrogen) atoms. The van der Waals surface area contributed by atoms with Gasteiger partial charge in [-0.3, -0.25) is 9.69 Å². The fourth-order valence-corrected chi connectivity index (χ4v) is 6.49. The average Bonchev–Trinajstić information content (AvgIpc) is 2.80. The molecule has 3 atom stereocenters. The van der Waals surface area contributed by atoms with Gasteiger partial charge in [0.15, 0.2) is 0 Å². The number of fused-ring (bicyclic) bond motifs is 4. The van der Waals surface area contributed by atoms with Gasteiger partial charge in [0.2, 0.25) is 5.91 Å². The Morgan fingerprint density at radius 3 is 2.72 bits per heavy atom. The summed E-state index contributed by atoms with van der Waals surface area (Å²) in [6.45, 7) is 6.74. The molecular formula is C25H36N4O3. The normalized spacial score (nSPS) is 28.9. The molecule has 4 heterocycles. The fraction of sp³-hybridized carbons (Fsp3) is 0.680. The van der Waals surface area contributed by atoms with Gasteiger partial charge in [-0.2, -0.15) is 0 Å². The van der Waals surface area contributed by atoms with E-state index in [0.717, 1.165) is 69.7 Å². The Bertz CT molecular complexity index is 867. The zero-order valence-electron chi connectivity index (χ0n) is 19.4. The second-order valence-electron chi connectivity index (χ2n) is 10.2. The van der Waals surface area contributed by atoms with E-state index in [1.165, 1.54) is 12.8 Å². The van der Waals surface area contributed by atoms with E-state index in [-0.39, 0.29) is 6.03 Å². The quantitative estimate of drug-likeness (QED) is 0.783. The summed E-state index contributed by atoms with van der Waals surface area (Å²) in [4.78, 5) is 32.1. The maximum atomic E-state index is 12.9. The van der Waals surface area contributed by atoms with E-state index in [1.54, 1.807) is 7.11 Å². The molecule has 1 N–H and O–H groups in total. The molecule has 0 aliphatic carbocycles. The van der Waals surface area contributed by atoms with Gasteiger partial charge in [-0.25, -0.2) is 4.79 Å². The number of hydrogen-bond donors (Lipinski definition) is 1. The molecule has 0 aromatic heterocycles. The minimum atomic E-state index is -0.0424. The largest absolute Gasteiger partial charge is 0.495 e. The molecule has 4 aliphatic rings. The van der Waals surface area contributed by atoms with Crippen LogP contribution in [0.25, 0.3) is 0 Å². The molecule has 5 rings (SSSR count). The Morgan fingerprint density at radius 2 is 1.94 bits per heavy atom. The lowest BCUT2D eigenvalue weighted by atomic mass is 9.75. The van der Waals surface area contributed by atoms with Crippen molar-refractivity contribution in [1.82, 2.24) is 14.7 Å². The highest BCUT2D eigenvalue weighted by Gasteiger charge is 2.45. The molecule has 1 aromatic rings. The molecule has 3 amide bonds. The highest BCUT2D eigenvalue weighted by molar-refractivity contribution is 5.91.